The molecule has 4 nitrogen and oxygen atoms in total. The van der Waals surface area contributed by atoms with Crippen LogP contribution < -0.4 is 10.6 Å². The van der Waals surface area contributed by atoms with Crippen molar-refractivity contribution >= 4 is 18.3 Å². The summed E-state index contributed by atoms with van der Waals surface area (Å²) in [6, 6.07) is -0.157. The first kappa shape index (κ1) is 14.7. The first-order chi connectivity index (χ1) is 6.70. The maximum atomic E-state index is 11.5. The largest absolute Gasteiger partial charge is 0.378 e. The van der Waals surface area contributed by atoms with E-state index in [4.69, 9.17) is 4.74 Å². The molecular formula is C10H21ClN2O2. The van der Waals surface area contributed by atoms with Gasteiger partial charge in [-0.3, -0.25) is 4.79 Å². The maximum absolute atomic E-state index is 11.5. The Morgan fingerprint density at radius 2 is 2.33 bits per heavy atom. The predicted octanol–water partition coefficient (Wildman–Crippen LogP) is 0.559. The molecular weight excluding hydrogens is 216 g/mol. The third-order valence-electron chi connectivity index (χ3n) is 2.26. The zero-order valence-corrected chi connectivity index (χ0v) is 10.2. The molecule has 5 heteroatoms. The van der Waals surface area contributed by atoms with Crippen molar-refractivity contribution in [2.75, 3.05) is 26.3 Å². The van der Waals surface area contributed by atoms with E-state index in [1.54, 1.807) is 0 Å². The fourth-order valence-electron chi connectivity index (χ4n) is 1.34. The number of morpholine rings is 1. The lowest BCUT2D eigenvalue weighted by Gasteiger charge is -2.23. The summed E-state index contributed by atoms with van der Waals surface area (Å²) < 4.78 is 5.21. The SMILES string of the molecule is CC(C)CCNC(=O)C1COCCN1.Cl. The van der Waals surface area contributed by atoms with Gasteiger partial charge in [0.15, 0.2) is 0 Å². The molecule has 0 aliphatic carbocycles. The number of nitrogens with one attached hydrogen (secondary N) is 2. The van der Waals surface area contributed by atoms with Crippen LogP contribution in [0, 0.1) is 5.92 Å². The monoisotopic (exact) mass is 236 g/mol. The Morgan fingerprint density at radius 1 is 1.60 bits per heavy atom. The van der Waals surface area contributed by atoms with Crippen molar-refractivity contribution in [3.8, 4) is 0 Å². The van der Waals surface area contributed by atoms with E-state index in [0.717, 1.165) is 19.5 Å². The minimum absolute atomic E-state index is 0. The van der Waals surface area contributed by atoms with E-state index in [9.17, 15) is 4.79 Å². The molecule has 0 aromatic heterocycles. The Hall–Kier alpha value is -0.320. The quantitative estimate of drug-likeness (QED) is 0.750. The average Bonchev–Trinajstić information content (AvgIpc) is 2.18. The van der Waals surface area contributed by atoms with Crippen LogP contribution >= 0.6 is 12.4 Å². The van der Waals surface area contributed by atoms with Crippen LogP contribution in [0.15, 0.2) is 0 Å². The Morgan fingerprint density at radius 3 is 2.87 bits per heavy atom. The molecule has 2 N–H and O–H groups in total. The number of carbonyl (C=O) groups excluding carboxylic acids is 1. The van der Waals surface area contributed by atoms with Crippen LogP contribution in [-0.2, 0) is 9.53 Å². The highest BCUT2D eigenvalue weighted by atomic mass is 35.5. The molecule has 1 saturated heterocycles. The van der Waals surface area contributed by atoms with Crippen molar-refractivity contribution < 1.29 is 9.53 Å². The van der Waals surface area contributed by atoms with Gasteiger partial charge < -0.3 is 15.4 Å². The smallest absolute Gasteiger partial charge is 0.239 e. The number of rotatable bonds is 4. The number of amides is 1. The summed E-state index contributed by atoms with van der Waals surface area (Å²) >= 11 is 0. The summed E-state index contributed by atoms with van der Waals surface area (Å²) in [5.74, 6) is 0.691. The lowest BCUT2D eigenvalue weighted by molar-refractivity contribution is -0.125. The van der Waals surface area contributed by atoms with Gasteiger partial charge in [-0.15, -0.1) is 12.4 Å². The fraction of sp³-hybridized carbons (Fsp3) is 0.900. The minimum Gasteiger partial charge on any atom is -0.378 e. The van der Waals surface area contributed by atoms with Gasteiger partial charge in [-0.25, -0.2) is 0 Å². The molecule has 90 valence electrons. The molecule has 1 amide bonds. The van der Waals surface area contributed by atoms with Crippen LogP contribution in [0.1, 0.15) is 20.3 Å². The summed E-state index contributed by atoms with van der Waals surface area (Å²) in [7, 11) is 0. The molecule has 1 fully saturated rings. The summed E-state index contributed by atoms with van der Waals surface area (Å²) in [6.45, 7) is 7.02. The standard InChI is InChI=1S/C10H20N2O2.ClH/c1-8(2)3-4-12-10(13)9-7-14-6-5-11-9;/h8-9,11H,3-7H2,1-2H3,(H,12,13);1H. The first-order valence-electron chi connectivity index (χ1n) is 5.29. The van der Waals surface area contributed by atoms with Gasteiger partial charge >= 0.3 is 0 Å². The van der Waals surface area contributed by atoms with Gasteiger partial charge in [0.25, 0.3) is 0 Å². The molecule has 1 atom stereocenters. The molecule has 1 aliphatic rings. The molecule has 0 aromatic carbocycles. The first-order valence-corrected chi connectivity index (χ1v) is 5.29. The van der Waals surface area contributed by atoms with Crippen molar-refractivity contribution in [3.05, 3.63) is 0 Å². The summed E-state index contributed by atoms with van der Waals surface area (Å²) in [4.78, 5) is 11.5. The number of hydrogen-bond donors (Lipinski definition) is 2. The normalized spacial score (nSPS) is 20.9. The summed E-state index contributed by atoms with van der Waals surface area (Å²) in [6.07, 6.45) is 1.03. The molecule has 1 unspecified atom stereocenters. The molecule has 15 heavy (non-hydrogen) atoms. The van der Waals surface area contributed by atoms with Crippen molar-refractivity contribution in [2.24, 2.45) is 5.92 Å². The third kappa shape index (κ3) is 5.97. The lowest BCUT2D eigenvalue weighted by Crippen LogP contribution is -2.51. The topological polar surface area (TPSA) is 50.4 Å². The Balaban J connectivity index is 0.00000196. The van der Waals surface area contributed by atoms with Gasteiger partial charge in [0.2, 0.25) is 5.91 Å². The van der Waals surface area contributed by atoms with E-state index in [0.29, 0.717) is 19.1 Å². The second-order valence-electron chi connectivity index (χ2n) is 4.06. The third-order valence-corrected chi connectivity index (χ3v) is 2.26. The molecule has 1 rings (SSSR count). The number of ether oxygens (including phenoxy) is 1. The van der Waals surface area contributed by atoms with Gasteiger partial charge in [-0.2, -0.15) is 0 Å². The molecule has 0 aromatic rings. The van der Waals surface area contributed by atoms with Gasteiger partial charge in [0.1, 0.15) is 6.04 Å². The lowest BCUT2D eigenvalue weighted by atomic mass is 10.1. The zero-order chi connectivity index (χ0) is 10.4. The van der Waals surface area contributed by atoms with Crippen LogP contribution in [0.5, 0.6) is 0 Å². The van der Waals surface area contributed by atoms with Crippen molar-refractivity contribution in [1.29, 1.82) is 0 Å². The van der Waals surface area contributed by atoms with Crippen molar-refractivity contribution in [1.82, 2.24) is 10.6 Å². The highest BCUT2D eigenvalue weighted by Crippen LogP contribution is 1.97. The van der Waals surface area contributed by atoms with E-state index in [-0.39, 0.29) is 24.4 Å². The predicted molar refractivity (Wildman–Crippen MR) is 62.3 cm³/mol. The highest BCUT2D eigenvalue weighted by molar-refractivity contribution is 5.85. The van der Waals surface area contributed by atoms with E-state index in [1.165, 1.54) is 0 Å². The molecule has 0 spiro atoms. The van der Waals surface area contributed by atoms with E-state index >= 15 is 0 Å². The number of halogens is 1. The summed E-state index contributed by atoms with van der Waals surface area (Å²) in [5.41, 5.74) is 0. The zero-order valence-electron chi connectivity index (χ0n) is 9.41. The second-order valence-corrected chi connectivity index (χ2v) is 4.06. The van der Waals surface area contributed by atoms with Crippen molar-refractivity contribution in [2.45, 2.75) is 26.3 Å². The average molecular weight is 237 g/mol. The molecule has 1 heterocycles. The Labute approximate surface area is 97.5 Å². The van der Waals surface area contributed by atoms with E-state index in [2.05, 4.69) is 24.5 Å². The van der Waals surface area contributed by atoms with Crippen LogP contribution in [0.25, 0.3) is 0 Å². The molecule has 0 bridgehead atoms. The fourth-order valence-corrected chi connectivity index (χ4v) is 1.34. The van der Waals surface area contributed by atoms with Crippen molar-refractivity contribution in [3.63, 3.8) is 0 Å². The molecule has 1 aliphatic heterocycles. The Kier molecular flexibility index (Phi) is 7.74. The van der Waals surface area contributed by atoms with E-state index < -0.39 is 0 Å². The second kappa shape index (κ2) is 7.91. The summed E-state index contributed by atoms with van der Waals surface area (Å²) in [5, 5.41) is 6.02. The highest BCUT2D eigenvalue weighted by Gasteiger charge is 2.20. The van der Waals surface area contributed by atoms with E-state index in [1.807, 2.05) is 0 Å². The maximum Gasteiger partial charge on any atom is 0.239 e. The van der Waals surface area contributed by atoms with Gasteiger partial charge in [0.05, 0.1) is 13.2 Å². The van der Waals surface area contributed by atoms with Crippen LogP contribution in [-0.4, -0.2) is 38.3 Å². The number of carbonyl (C=O) groups is 1. The number of hydrogen-bond acceptors (Lipinski definition) is 3. The Bertz CT molecular complexity index is 182. The molecule has 0 saturated carbocycles. The van der Waals surface area contributed by atoms with Gasteiger partial charge in [0, 0.05) is 13.1 Å². The van der Waals surface area contributed by atoms with Gasteiger partial charge in [-0.05, 0) is 12.3 Å². The van der Waals surface area contributed by atoms with Crippen LogP contribution in [0.4, 0.5) is 0 Å². The van der Waals surface area contributed by atoms with Gasteiger partial charge in [-0.1, -0.05) is 13.8 Å². The van der Waals surface area contributed by atoms with Crippen LogP contribution in [0.3, 0.4) is 0 Å². The van der Waals surface area contributed by atoms with Crippen LogP contribution in [0.2, 0.25) is 0 Å². The minimum atomic E-state index is -0.157. The molecule has 0 radical (unpaired) electrons.